The van der Waals surface area contributed by atoms with Crippen molar-refractivity contribution in [3.63, 3.8) is 0 Å². The molecule has 3 saturated carbocycles. The van der Waals surface area contributed by atoms with Crippen LogP contribution in [-0.2, 0) is 14.3 Å². The number of rotatable bonds is 0. The summed E-state index contributed by atoms with van der Waals surface area (Å²) in [5.41, 5.74) is 0.618. The highest BCUT2D eigenvalue weighted by Gasteiger charge is 2.65. The molecule has 4 aliphatic carbocycles. The molecule has 166 valence electrons. The van der Waals surface area contributed by atoms with Gasteiger partial charge in [-0.1, -0.05) is 25.5 Å². The number of ether oxygens (including phenoxy) is 1. The van der Waals surface area contributed by atoms with Crippen molar-refractivity contribution in [3.8, 4) is 0 Å². The van der Waals surface area contributed by atoms with Crippen molar-refractivity contribution < 1.29 is 28.9 Å². The van der Waals surface area contributed by atoms with Gasteiger partial charge in [0.2, 0.25) is 0 Å². The summed E-state index contributed by atoms with van der Waals surface area (Å²) in [4.78, 5) is 24.8. The van der Waals surface area contributed by atoms with E-state index >= 15 is 0 Å². The highest BCUT2D eigenvalue weighted by Crippen LogP contribution is 2.67. The molecule has 1 heterocycles. The largest absolute Gasteiger partial charge is 0.393 e. The van der Waals surface area contributed by atoms with Crippen molar-refractivity contribution in [2.45, 2.75) is 58.3 Å². The summed E-state index contributed by atoms with van der Waals surface area (Å²) in [5.74, 6) is 0.874. The van der Waals surface area contributed by atoms with Crippen LogP contribution in [0.4, 0.5) is 4.39 Å². The van der Waals surface area contributed by atoms with E-state index in [0.29, 0.717) is 31.9 Å². The Bertz CT molecular complexity index is 790. The Morgan fingerprint density at radius 1 is 1.17 bits per heavy atom. The molecule has 0 amide bonds. The third-order valence-electron chi connectivity index (χ3n) is 8.94. The lowest BCUT2D eigenvalue weighted by Crippen LogP contribution is -2.56. The average Bonchev–Trinajstić information content (AvgIpc) is 2.90. The Morgan fingerprint density at radius 3 is 2.63 bits per heavy atom. The van der Waals surface area contributed by atoms with Gasteiger partial charge < -0.3 is 14.9 Å². The van der Waals surface area contributed by atoms with Crippen LogP contribution in [0.3, 0.4) is 0 Å². The molecule has 5 aliphatic rings. The second-order valence-electron chi connectivity index (χ2n) is 10.2. The number of carbonyl (C=O) groups excluding carboxylic acids is 2. The van der Waals surface area contributed by atoms with Gasteiger partial charge in [0, 0.05) is 23.7 Å². The van der Waals surface area contributed by atoms with Crippen molar-refractivity contribution in [1.82, 2.24) is 0 Å². The first-order valence-electron chi connectivity index (χ1n) is 11.1. The third-order valence-corrected chi connectivity index (χ3v) is 8.94. The molecule has 4 unspecified atom stereocenters. The van der Waals surface area contributed by atoms with Crippen LogP contribution < -0.4 is 0 Å². The lowest BCUT2D eigenvalue weighted by molar-refractivity contribution is -0.148. The Hall–Kier alpha value is -1.37. The van der Waals surface area contributed by atoms with Gasteiger partial charge >= 0.3 is 0 Å². The summed E-state index contributed by atoms with van der Waals surface area (Å²) in [6.45, 7) is 4.33. The van der Waals surface area contributed by atoms with Gasteiger partial charge in [0.05, 0.1) is 13.3 Å². The standard InChI is InChI=1S/C23H30O5.CH3F/c1-22-6-5-14(24)9-13(22)3-4-15-16-7-12-8-19(27)28-11-18(26)20(12)23(16,2)10-17(25)21(15)22;1-2/h5-6,9,12,15-17,19-21,25,27H,3-4,7-8,10-11H2,1-2H3;1H3/t12-,15?,16?,17-,19?,20+,21?,22-,23-;/m0./s1. The van der Waals surface area contributed by atoms with Crippen LogP contribution in [0.5, 0.6) is 0 Å². The number of carbonyl (C=O) groups is 2. The second-order valence-corrected chi connectivity index (χ2v) is 10.2. The first kappa shape index (κ1) is 21.8. The number of Topliss-reactive ketones (excluding diaryl/α,β-unsaturated/α-hetero) is 1. The van der Waals surface area contributed by atoms with Gasteiger partial charge in [-0.05, 0) is 61.0 Å². The number of halogens is 1. The van der Waals surface area contributed by atoms with Crippen LogP contribution in [0.15, 0.2) is 23.8 Å². The Balaban J connectivity index is 0.00000106. The zero-order valence-electron chi connectivity index (χ0n) is 18.0. The predicted octanol–water partition coefficient (Wildman–Crippen LogP) is 3.00. The van der Waals surface area contributed by atoms with Crippen molar-refractivity contribution >= 4 is 11.6 Å². The van der Waals surface area contributed by atoms with E-state index in [4.69, 9.17) is 4.74 Å². The van der Waals surface area contributed by atoms with Gasteiger partial charge in [-0.3, -0.25) is 14.0 Å². The Morgan fingerprint density at radius 2 is 1.90 bits per heavy atom. The number of aliphatic hydroxyl groups is 2. The van der Waals surface area contributed by atoms with Crippen LogP contribution in [0.1, 0.15) is 46.0 Å². The quantitative estimate of drug-likeness (QED) is 0.629. The molecule has 5 nitrogen and oxygen atoms in total. The van der Waals surface area contributed by atoms with Gasteiger partial charge in [-0.2, -0.15) is 0 Å². The van der Waals surface area contributed by atoms with Gasteiger partial charge in [-0.25, -0.2) is 0 Å². The number of allylic oxidation sites excluding steroid dienone is 4. The smallest absolute Gasteiger partial charge is 0.178 e. The maximum atomic E-state index is 12.9. The SMILES string of the molecule is CF.C[C@]12C=CC(=O)C=C1CCC1C2[C@@H](O)C[C@@]2(C)C1C[C@H]1CC(O)OCC(=O)[C@@H]12. The molecule has 2 N–H and O–H groups in total. The summed E-state index contributed by atoms with van der Waals surface area (Å²) in [5, 5.41) is 21.5. The fourth-order valence-electron chi connectivity index (χ4n) is 7.97. The monoisotopic (exact) mass is 420 g/mol. The molecule has 1 saturated heterocycles. The summed E-state index contributed by atoms with van der Waals surface area (Å²) in [7, 11) is 0.500. The maximum absolute atomic E-state index is 12.9. The normalized spacial score (nSPS) is 49.5. The number of hydrogen-bond donors (Lipinski definition) is 2. The van der Waals surface area contributed by atoms with Gasteiger partial charge in [0.1, 0.15) is 6.61 Å². The zero-order valence-corrected chi connectivity index (χ0v) is 18.0. The van der Waals surface area contributed by atoms with E-state index in [1.807, 2.05) is 6.08 Å². The zero-order chi connectivity index (χ0) is 21.8. The second kappa shape index (κ2) is 7.64. The first-order valence-corrected chi connectivity index (χ1v) is 11.1. The van der Waals surface area contributed by atoms with Crippen LogP contribution in [0, 0.1) is 40.4 Å². The molecule has 1 aliphatic heterocycles. The van der Waals surface area contributed by atoms with Gasteiger partial charge in [-0.15, -0.1) is 0 Å². The van der Waals surface area contributed by atoms with Crippen LogP contribution >= 0.6 is 0 Å². The number of hydrogen-bond acceptors (Lipinski definition) is 5. The van der Waals surface area contributed by atoms with E-state index in [9.17, 15) is 24.2 Å². The fraction of sp³-hybridized carbons (Fsp3) is 0.750. The molecule has 0 aromatic carbocycles. The molecule has 5 rings (SSSR count). The highest BCUT2D eigenvalue weighted by molar-refractivity contribution is 6.01. The minimum atomic E-state index is -0.867. The van der Waals surface area contributed by atoms with E-state index < -0.39 is 12.4 Å². The van der Waals surface area contributed by atoms with E-state index in [0.717, 1.165) is 24.8 Å². The minimum absolute atomic E-state index is 0.0235. The van der Waals surface area contributed by atoms with E-state index in [2.05, 4.69) is 13.8 Å². The summed E-state index contributed by atoms with van der Waals surface area (Å²) in [6.07, 6.45) is 7.93. The van der Waals surface area contributed by atoms with Crippen molar-refractivity contribution in [1.29, 1.82) is 0 Å². The number of alkyl halides is 1. The van der Waals surface area contributed by atoms with Crippen LogP contribution in [0.2, 0.25) is 0 Å². The first-order chi connectivity index (χ1) is 14.2. The van der Waals surface area contributed by atoms with Crippen molar-refractivity contribution in [3.05, 3.63) is 23.8 Å². The molecule has 0 bridgehead atoms. The topological polar surface area (TPSA) is 83.8 Å². The Labute approximate surface area is 177 Å². The number of fused-ring (bicyclic) bond motifs is 7. The lowest BCUT2D eigenvalue weighted by atomic mass is 9.46. The van der Waals surface area contributed by atoms with E-state index in [1.54, 1.807) is 12.2 Å². The summed E-state index contributed by atoms with van der Waals surface area (Å²) < 4.78 is 14.8. The Kier molecular flexibility index (Phi) is 5.57. The molecule has 6 heteroatoms. The third kappa shape index (κ3) is 3.06. The highest BCUT2D eigenvalue weighted by atomic mass is 19.1. The minimum Gasteiger partial charge on any atom is -0.393 e. The fourth-order valence-corrected chi connectivity index (χ4v) is 7.97. The average molecular weight is 421 g/mol. The molecule has 0 spiro atoms. The summed E-state index contributed by atoms with van der Waals surface area (Å²) in [6, 6.07) is 0. The molecular formula is C24H33FO5. The molecule has 4 fully saturated rings. The van der Waals surface area contributed by atoms with Gasteiger partial charge in [0.25, 0.3) is 0 Å². The molecule has 0 aromatic heterocycles. The maximum Gasteiger partial charge on any atom is 0.178 e. The number of ketones is 2. The molecule has 9 atom stereocenters. The molecular weight excluding hydrogens is 387 g/mol. The van der Waals surface area contributed by atoms with Crippen molar-refractivity contribution in [2.75, 3.05) is 13.8 Å². The predicted molar refractivity (Wildman–Crippen MR) is 109 cm³/mol. The van der Waals surface area contributed by atoms with Crippen molar-refractivity contribution in [2.24, 2.45) is 40.4 Å². The molecule has 0 radical (unpaired) electrons. The van der Waals surface area contributed by atoms with Crippen LogP contribution in [-0.4, -0.2) is 48.0 Å². The molecule has 30 heavy (non-hydrogen) atoms. The molecule has 0 aromatic rings. The van der Waals surface area contributed by atoms with Crippen LogP contribution in [0.25, 0.3) is 0 Å². The summed E-state index contributed by atoms with van der Waals surface area (Å²) >= 11 is 0. The van der Waals surface area contributed by atoms with E-state index in [1.165, 1.54) is 0 Å². The lowest BCUT2D eigenvalue weighted by Gasteiger charge is -2.58. The van der Waals surface area contributed by atoms with Gasteiger partial charge in [0.15, 0.2) is 17.9 Å². The number of aliphatic hydroxyl groups excluding tert-OH is 2. The van der Waals surface area contributed by atoms with E-state index in [-0.39, 0.29) is 46.8 Å².